The van der Waals surface area contributed by atoms with E-state index in [4.69, 9.17) is 5.73 Å². The Balaban J connectivity index is 2.22. The van der Waals surface area contributed by atoms with E-state index in [0.29, 0.717) is 0 Å². The first-order chi connectivity index (χ1) is 7.70. The molecule has 0 unspecified atom stereocenters. The van der Waals surface area contributed by atoms with Crippen LogP contribution in [0.3, 0.4) is 0 Å². The molecule has 0 spiro atoms. The van der Waals surface area contributed by atoms with Crippen LogP contribution in [0.4, 0.5) is 8.78 Å². The third-order valence-corrected chi connectivity index (χ3v) is 3.49. The fourth-order valence-electron chi connectivity index (χ4n) is 2.56. The molecule has 88 valence electrons. The van der Waals surface area contributed by atoms with Crippen LogP contribution in [-0.2, 0) is 0 Å². The molecule has 1 atom stereocenters. The van der Waals surface area contributed by atoms with Crippen molar-refractivity contribution < 1.29 is 8.78 Å². The normalized spacial score (nSPS) is 19.7. The highest BCUT2D eigenvalue weighted by atomic mass is 19.1. The van der Waals surface area contributed by atoms with Crippen LogP contribution < -0.4 is 5.73 Å². The molecule has 2 N–H and O–H groups in total. The van der Waals surface area contributed by atoms with Gasteiger partial charge in [-0.1, -0.05) is 25.3 Å². The SMILES string of the molecule is N[C@H](c1c(F)cccc1F)C1CCCCC1. The molecule has 1 nitrogen and oxygen atoms in total. The van der Waals surface area contributed by atoms with E-state index >= 15 is 0 Å². The van der Waals surface area contributed by atoms with Crippen molar-refractivity contribution in [3.63, 3.8) is 0 Å². The summed E-state index contributed by atoms with van der Waals surface area (Å²) in [5, 5.41) is 0. The minimum absolute atomic E-state index is 0.0643. The molecule has 1 fully saturated rings. The van der Waals surface area contributed by atoms with Gasteiger partial charge in [0.2, 0.25) is 0 Å². The minimum atomic E-state index is -0.516. The third-order valence-electron chi connectivity index (χ3n) is 3.49. The molecule has 1 aliphatic carbocycles. The van der Waals surface area contributed by atoms with Crippen molar-refractivity contribution in [3.05, 3.63) is 35.4 Å². The van der Waals surface area contributed by atoms with Crippen molar-refractivity contribution in [3.8, 4) is 0 Å². The second kappa shape index (κ2) is 4.91. The molecule has 0 radical (unpaired) electrons. The summed E-state index contributed by atoms with van der Waals surface area (Å²) in [5.74, 6) is -0.809. The van der Waals surface area contributed by atoms with Crippen LogP contribution in [0.15, 0.2) is 18.2 Å². The maximum Gasteiger partial charge on any atom is 0.130 e. The standard InChI is InChI=1S/C13H17F2N/c14-10-7-4-8-11(15)12(10)13(16)9-5-2-1-3-6-9/h4,7-9,13H,1-3,5-6,16H2/t13-/m0/s1. The van der Waals surface area contributed by atoms with Gasteiger partial charge in [0.15, 0.2) is 0 Å². The summed E-state index contributed by atoms with van der Waals surface area (Å²) < 4.78 is 27.1. The van der Waals surface area contributed by atoms with Crippen LogP contribution in [0.2, 0.25) is 0 Å². The molecule has 0 amide bonds. The second-order valence-electron chi connectivity index (χ2n) is 4.56. The Hall–Kier alpha value is -0.960. The van der Waals surface area contributed by atoms with Gasteiger partial charge >= 0.3 is 0 Å². The summed E-state index contributed by atoms with van der Waals surface area (Å²) >= 11 is 0. The average molecular weight is 225 g/mol. The van der Waals surface area contributed by atoms with E-state index in [0.717, 1.165) is 25.7 Å². The number of rotatable bonds is 2. The highest BCUT2D eigenvalue weighted by molar-refractivity contribution is 5.23. The van der Waals surface area contributed by atoms with Crippen molar-refractivity contribution >= 4 is 0 Å². The van der Waals surface area contributed by atoms with E-state index in [9.17, 15) is 8.78 Å². The Morgan fingerprint density at radius 2 is 1.62 bits per heavy atom. The maximum atomic E-state index is 13.5. The zero-order valence-corrected chi connectivity index (χ0v) is 9.26. The number of halogens is 2. The molecule has 2 rings (SSSR count). The summed E-state index contributed by atoms with van der Waals surface area (Å²) in [5.41, 5.74) is 6.06. The van der Waals surface area contributed by atoms with Crippen LogP contribution in [0.25, 0.3) is 0 Å². The lowest BCUT2D eigenvalue weighted by Gasteiger charge is -2.28. The van der Waals surface area contributed by atoms with E-state index in [-0.39, 0.29) is 11.5 Å². The lowest BCUT2D eigenvalue weighted by Crippen LogP contribution is -2.25. The Morgan fingerprint density at radius 1 is 1.06 bits per heavy atom. The second-order valence-corrected chi connectivity index (χ2v) is 4.56. The van der Waals surface area contributed by atoms with E-state index in [1.54, 1.807) is 0 Å². The molecule has 0 heterocycles. The van der Waals surface area contributed by atoms with Gasteiger partial charge in [-0.15, -0.1) is 0 Å². The Labute approximate surface area is 94.7 Å². The number of nitrogens with two attached hydrogens (primary N) is 1. The van der Waals surface area contributed by atoms with E-state index in [1.165, 1.54) is 24.6 Å². The molecule has 0 aliphatic heterocycles. The smallest absolute Gasteiger partial charge is 0.130 e. The predicted octanol–water partition coefficient (Wildman–Crippen LogP) is 3.54. The minimum Gasteiger partial charge on any atom is -0.324 e. The molecule has 1 saturated carbocycles. The lowest BCUT2D eigenvalue weighted by atomic mass is 9.81. The Morgan fingerprint density at radius 3 is 2.19 bits per heavy atom. The van der Waals surface area contributed by atoms with Gasteiger partial charge in [0.1, 0.15) is 11.6 Å². The first-order valence-electron chi connectivity index (χ1n) is 5.89. The molecule has 3 heteroatoms. The molecule has 0 aromatic heterocycles. The molecule has 1 aromatic carbocycles. The van der Waals surface area contributed by atoms with Crippen LogP contribution in [0, 0.1) is 17.6 Å². The average Bonchev–Trinajstić information content (AvgIpc) is 2.30. The summed E-state index contributed by atoms with van der Waals surface area (Å²) in [7, 11) is 0. The number of benzene rings is 1. The summed E-state index contributed by atoms with van der Waals surface area (Å²) in [4.78, 5) is 0. The van der Waals surface area contributed by atoms with Crippen molar-refractivity contribution in [2.24, 2.45) is 11.7 Å². The molecular formula is C13H17F2N. The van der Waals surface area contributed by atoms with E-state index < -0.39 is 17.7 Å². The van der Waals surface area contributed by atoms with E-state index in [2.05, 4.69) is 0 Å². The quantitative estimate of drug-likeness (QED) is 0.818. The van der Waals surface area contributed by atoms with Gasteiger partial charge in [-0.2, -0.15) is 0 Å². The van der Waals surface area contributed by atoms with Crippen LogP contribution in [0.1, 0.15) is 43.7 Å². The van der Waals surface area contributed by atoms with Gasteiger partial charge in [0.25, 0.3) is 0 Å². The van der Waals surface area contributed by atoms with Crippen LogP contribution in [-0.4, -0.2) is 0 Å². The maximum absolute atomic E-state index is 13.5. The Bertz CT molecular complexity index is 339. The Kier molecular flexibility index (Phi) is 3.54. The first-order valence-corrected chi connectivity index (χ1v) is 5.89. The predicted molar refractivity (Wildman–Crippen MR) is 59.9 cm³/mol. The summed E-state index contributed by atoms with van der Waals surface area (Å²) in [6.45, 7) is 0. The van der Waals surface area contributed by atoms with Crippen molar-refractivity contribution in [2.45, 2.75) is 38.1 Å². The molecular weight excluding hydrogens is 208 g/mol. The lowest BCUT2D eigenvalue weighted by molar-refractivity contribution is 0.298. The number of hydrogen-bond acceptors (Lipinski definition) is 1. The number of hydrogen-bond donors (Lipinski definition) is 1. The summed E-state index contributed by atoms with van der Waals surface area (Å²) in [6, 6.07) is 3.44. The fourth-order valence-corrected chi connectivity index (χ4v) is 2.56. The van der Waals surface area contributed by atoms with Gasteiger partial charge in [0.05, 0.1) is 0 Å². The van der Waals surface area contributed by atoms with Crippen molar-refractivity contribution in [2.75, 3.05) is 0 Å². The highest BCUT2D eigenvalue weighted by Gasteiger charge is 2.26. The molecule has 1 aliphatic rings. The van der Waals surface area contributed by atoms with Crippen LogP contribution >= 0.6 is 0 Å². The van der Waals surface area contributed by atoms with Crippen molar-refractivity contribution in [1.29, 1.82) is 0 Å². The van der Waals surface area contributed by atoms with Gasteiger partial charge in [-0.25, -0.2) is 8.78 Å². The van der Waals surface area contributed by atoms with Gasteiger partial charge in [-0.05, 0) is 30.9 Å². The van der Waals surface area contributed by atoms with Gasteiger partial charge in [-0.3, -0.25) is 0 Å². The molecule has 0 saturated heterocycles. The highest BCUT2D eigenvalue weighted by Crippen LogP contribution is 2.34. The third kappa shape index (κ3) is 2.24. The van der Waals surface area contributed by atoms with Gasteiger partial charge < -0.3 is 5.73 Å². The molecule has 16 heavy (non-hydrogen) atoms. The zero-order valence-electron chi connectivity index (χ0n) is 9.26. The zero-order chi connectivity index (χ0) is 11.5. The van der Waals surface area contributed by atoms with E-state index in [1.807, 2.05) is 0 Å². The fraction of sp³-hybridized carbons (Fsp3) is 0.538. The first kappa shape index (κ1) is 11.5. The van der Waals surface area contributed by atoms with Gasteiger partial charge in [0, 0.05) is 11.6 Å². The monoisotopic (exact) mass is 225 g/mol. The topological polar surface area (TPSA) is 26.0 Å². The molecule has 0 bridgehead atoms. The van der Waals surface area contributed by atoms with Crippen LogP contribution in [0.5, 0.6) is 0 Å². The summed E-state index contributed by atoms with van der Waals surface area (Å²) in [6.07, 6.45) is 5.41. The molecule has 1 aromatic rings. The van der Waals surface area contributed by atoms with Crippen molar-refractivity contribution in [1.82, 2.24) is 0 Å². The largest absolute Gasteiger partial charge is 0.324 e.